The lowest BCUT2D eigenvalue weighted by molar-refractivity contribution is -0.385. The molecule has 0 bridgehead atoms. The number of halogens is 1. The first-order chi connectivity index (χ1) is 9.06. The number of benzene rings is 1. The molecule has 0 saturated carbocycles. The minimum Gasteiger partial charge on any atom is -0.488 e. The van der Waals surface area contributed by atoms with Gasteiger partial charge in [-0.25, -0.2) is 4.98 Å². The van der Waals surface area contributed by atoms with Crippen molar-refractivity contribution in [3.05, 3.63) is 56.7 Å². The molecule has 2 N–H and O–H groups in total. The van der Waals surface area contributed by atoms with Crippen molar-refractivity contribution in [1.82, 2.24) is 4.98 Å². The summed E-state index contributed by atoms with van der Waals surface area (Å²) in [5.74, 6) is 0.774. The predicted molar refractivity (Wildman–Crippen MR) is 73.8 cm³/mol. The Labute approximate surface area is 117 Å². The number of aromatic nitrogens is 1. The normalized spacial score (nSPS) is 10.2. The standard InChI is InChI=1S/C12H10BrN3O3/c13-9-4-10(16(17)18)6-11(5-9)19-7-8-2-1-3-15-12(8)14/h1-6H,7H2,(H2,14,15). The predicted octanol–water partition coefficient (Wildman–Crippen LogP) is 2.91. The Kier molecular flexibility index (Phi) is 3.96. The molecule has 0 saturated heterocycles. The molecule has 0 amide bonds. The Morgan fingerprint density at radius 2 is 2.21 bits per heavy atom. The van der Waals surface area contributed by atoms with Gasteiger partial charge in [0.2, 0.25) is 0 Å². The van der Waals surface area contributed by atoms with Gasteiger partial charge in [0.1, 0.15) is 18.2 Å². The zero-order valence-electron chi connectivity index (χ0n) is 9.75. The van der Waals surface area contributed by atoms with Crippen LogP contribution in [0.25, 0.3) is 0 Å². The maximum absolute atomic E-state index is 10.7. The van der Waals surface area contributed by atoms with Crippen molar-refractivity contribution >= 4 is 27.4 Å². The number of nitrogens with zero attached hydrogens (tertiary/aromatic N) is 2. The number of nitro benzene ring substituents is 1. The van der Waals surface area contributed by atoms with Crippen molar-refractivity contribution < 1.29 is 9.66 Å². The van der Waals surface area contributed by atoms with Gasteiger partial charge < -0.3 is 10.5 Å². The average Bonchev–Trinajstić information content (AvgIpc) is 2.37. The Morgan fingerprint density at radius 3 is 2.89 bits per heavy atom. The summed E-state index contributed by atoms with van der Waals surface area (Å²) in [6.07, 6.45) is 1.59. The van der Waals surface area contributed by atoms with Crippen LogP contribution in [0.5, 0.6) is 5.75 Å². The van der Waals surface area contributed by atoms with Crippen LogP contribution in [-0.4, -0.2) is 9.91 Å². The van der Waals surface area contributed by atoms with E-state index in [4.69, 9.17) is 10.5 Å². The highest BCUT2D eigenvalue weighted by Gasteiger charge is 2.10. The molecule has 0 spiro atoms. The van der Waals surface area contributed by atoms with Gasteiger partial charge >= 0.3 is 0 Å². The van der Waals surface area contributed by atoms with E-state index in [9.17, 15) is 10.1 Å². The first-order valence-corrected chi connectivity index (χ1v) is 6.12. The van der Waals surface area contributed by atoms with Crippen molar-refractivity contribution in [2.45, 2.75) is 6.61 Å². The van der Waals surface area contributed by atoms with Gasteiger partial charge in [0.15, 0.2) is 0 Å². The minimum absolute atomic E-state index is 0.0384. The third kappa shape index (κ3) is 3.41. The Morgan fingerprint density at radius 1 is 1.42 bits per heavy atom. The summed E-state index contributed by atoms with van der Waals surface area (Å²) >= 11 is 3.20. The van der Waals surface area contributed by atoms with Gasteiger partial charge in [-0.15, -0.1) is 0 Å². The lowest BCUT2D eigenvalue weighted by Gasteiger charge is -2.08. The molecular formula is C12H10BrN3O3. The Balaban J connectivity index is 2.16. The summed E-state index contributed by atoms with van der Waals surface area (Å²) in [5, 5.41) is 10.7. The summed E-state index contributed by atoms with van der Waals surface area (Å²) in [6.45, 7) is 0.202. The van der Waals surface area contributed by atoms with E-state index in [-0.39, 0.29) is 12.3 Å². The largest absolute Gasteiger partial charge is 0.488 e. The second-order valence-electron chi connectivity index (χ2n) is 3.74. The van der Waals surface area contributed by atoms with Crippen LogP contribution in [0.1, 0.15) is 5.56 Å². The molecule has 1 heterocycles. The summed E-state index contributed by atoms with van der Waals surface area (Å²) in [6, 6.07) is 7.95. The van der Waals surface area contributed by atoms with E-state index in [0.29, 0.717) is 16.0 Å². The Hall–Kier alpha value is -2.15. The second-order valence-corrected chi connectivity index (χ2v) is 4.65. The van der Waals surface area contributed by atoms with E-state index < -0.39 is 4.92 Å². The number of non-ortho nitro benzene ring substituents is 1. The van der Waals surface area contributed by atoms with Gasteiger partial charge in [0.05, 0.1) is 11.0 Å². The van der Waals surface area contributed by atoms with Crippen molar-refractivity contribution in [3.8, 4) is 5.75 Å². The smallest absolute Gasteiger partial charge is 0.274 e. The first-order valence-electron chi connectivity index (χ1n) is 5.33. The summed E-state index contributed by atoms with van der Waals surface area (Å²) in [7, 11) is 0. The molecule has 0 aliphatic carbocycles. The fourth-order valence-electron chi connectivity index (χ4n) is 1.47. The minimum atomic E-state index is -0.476. The SMILES string of the molecule is Nc1ncccc1COc1cc(Br)cc([N+](=O)[O-])c1. The molecule has 6 nitrogen and oxygen atoms in total. The van der Waals surface area contributed by atoms with Crippen LogP contribution in [0.15, 0.2) is 41.0 Å². The molecule has 2 rings (SSSR count). The number of nitrogen functional groups attached to an aromatic ring is 1. The van der Waals surface area contributed by atoms with E-state index in [1.807, 2.05) is 0 Å². The van der Waals surface area contributed by atoms with Gasteiger partial charge in [0, 0.05) is 22.3 Å². The van der Waals surface area contributed by atoms with Crippen LogP contribution in [0, 0.1) is 10.1 Å². The van der Waals surface area contributed by atoms with Gasteiger partial charge in [0.25, 0.3) is 5.69 Å². The van der Waals surface area contributed by atoms with Crippen LogP contribution >= 0.6 is 15.9 Å². The van der Waals surface area contributed by atoms with Gasteiger partial charge in [-0.1, -0.05) is 22.0 Å². The number of hydrogen-bond donors (Lipinski definition) is 1. The maximum Gasteiger partial charge on any atom is 0.274 e. The highest BCUT2D eigenvalue weighted by atomic mass is 79.9. The van der Waals surface area contributed by atoms with E-state index in [1.165, 1.54) is 12.1 Å². The van der Waals surface area contributed by atoms with E-state index in [2.05, 4.69) is 20.9 Å². The van der Waals surface area contributed by atoms with Crippen LogP contribution in [-0.2, 0) is 6.61 Å². The number of nitrogens with two attached hydrogens (primary N) is 1. The second kappa shape index (κ2) is 5.66. The van der Waals surface area contributed by atoms with Crippen molar-refractivity contribution in [2.75, 3.05) is 5.73 Å². The number of hydrogen-bond acceptors (Lipinski definition) is 5. The third-order valence-corrected chi connectivity index (χ3v) is 2.85. The molecule has 98 valence electrons. The molecular weight excluding hydrogens is 314 g/mol. The monoisotopic (exact) mass is 323 g/mol. The van der Waals surface area contributed by atoms with Crippen LogP contribution in [0.4, 0.5) is 11.5 Å². The van der Waals surface area contributed by atoms with Crippen molar-refractivity contribution in [3.63, 3.8) is 0 Å². The molecule has 1 aromatic carbocycles. The Bertz CT molecular complexity index is 619. The molecule has 1 aromatic heterocycles. The van der Waals surface area contributed by atoms with Crippen LogP contribution in [0.3, 0.4) is 0 Å². The highest BCUT2D eigenvalue weighted by molar-refractivity contribution is 9.10. The summed E-state index contributed by atoms with van der Waals surface area (Å²) in [5.41, 5.74) is 6.37. The van der Waals surface area contributed by atoms with Gasteiger partial charge in [-0.2, -0.15) is 0 Å². The third-order valence-electron chi connectivity index (χ3n) is 2.39. The topological polar surface area (TPSA) is 91.3 Å². The van der Waals surface area contributed by atoms with E-state index in [1.54, 1.807) is 24.4 Å². The molecule has 0 atom stereocenters. The fraction of sp³-hybridized carbons (Fsp3) is 0.0833. The number of rotatable bonds is 4. The lowest BCUT2D eigenvalue weighted by Crippen LogP contribution is -2.02. The number of anilines is 1. The first kappa shape index (κ1) is 13.3. The molecule has 0 unspecified atom stereocenters. The fourth-order valence-corrected chi connectivity index (χ4v) is 1.93. The van der Waals surface area contributed by atoms with E-state index >= 15 is 0 Å². The maximum atomic E-state index is 10.7. The van der Waals surface area contributed by atoms with Crippen LogP contribution < -0.4 is 10.5 Å². The number of ether oxygens (including phenoxy) is 1. The molecule has 0 aliphatic heterocycles. The summed E-state index contributed by atoms with van der Waals surface area (Å²) in [4.78, 5) is 14.2. The van der Waals surface area contributed by atoms with Gasteiger partial charge in [-0.05, 0) is 12.1 Å². The zero-order chi connectivity index (χ0) is 13.8. The average molecular weight is 324 g/mol. The molecule has 0 radical (unpaired) electrons. The van der Waals surface area contributed by atoms with Crippen LogP contribution in [0.2, 0.25) is 0 Å². The van der Waals surface area contributed by atoms with Gasteiger partial charge in [-0.3, -0.25) is 10.1 Å². The highest BCUT2D eigenvalue weighted by Crippen LogP contribution is 2.26. The molecule has 0 aliphatic rings. The molecule has 7 heteroatoms. The molecule has 19 heavy (non-hydrogen) atoms. The number of pyridine rings is 1. The summed E-state index contributed by atoms with van der Waals surface area (Å²) < 4.78 is 6.07. The number of nitro groups is 1. The van der Waals surface area contributed by atoms with Crippen molar-refractivity contribution in [1.29, 1.82) is 0 Å². The lowest BCUT2D eigenvalue weighted by atomic mass is 10.2. The van der Waals surface area contributed by atoms with Crippen molar-refractivity contribution in [2.24, 2.45) is 0 Å². The van der Waals surface area contributed by atoms with E-state index in [0.717, 1.165) is 5.56 Å². The zero-order valence-corrected chi connectivity index (χ0v) is 11.3. The quantitative estimate of drug-likeness (QED) is 0.690. The molecule has 0 fully saturated rings. The molecule has 2 aromatic rings.